The molecule has 1 saturated heterocycles. The van der Waals surface area contributed by atoms with Gasteiger partial charge in [-0.2, -0.15) is 0 Å². The second kappa shape index (κ2) is 8.20. The van der Waals surface area contributed by atoms with Gasteiger partial charge in [0.05, 0.1) is 11.9 Å². The number of halogens is 1. The largest absolute Gasteiger partial charge is 0.324 e. The van der Waals surface area contributed by atoms with E-state index in [9.17, 15) is 22.4 Å². The summed E-state index contributed by atoms with van der Waals surface area (Å²) < 4.78 is 38.6. The first-order chi connectivity index (χ1) is 13.7. The van der Waals surface area contributed by atoms with Crippen molar-refractivity contribution in [3.8, 4) is 0 Å². The number of carbonyl (C=O) groups excluding carboxylic acids is 2. The lowest BCUT2D eigenvalue weighted by atomic mass is 10.2. The van der Waals surface area contributed by atoms with E-state index in [-0.39, 0.29) is 11.6 Å². The third-order valence-corrected chi connectivity index (χ3v) is 5.93. The Hall–Kier alpha value is -2.94. The van der Waals surface area contributed by atoms with Gasteiger partial charge in [-0.15, -0.1) is 0 Å². The summed E-state index contributed by atoms with van der Waals surface area (Å²) in [5.74, 6) is -0.973. The zero-order chi connectivity index (χ0) is 21.2. The Labute approximate surface area is 169 Å². The highest BCUT2D eigenvalue weighted by atomic mass is 32.2. The average molecular weight is 419 g/mol. The van der Waals surface area contributed by atoms with Gasteiger partial charge in [-0.05, 0) is 61.9 Å². The highest BCUT2D eigenvalue weighted by Gasteiger charge is 2.29. The van der Waals surface area contributed by atoms with E-state index in [1.54, 1.807) is 29.2 Å². The van der Waals surface area contributed by atoms with Gasteiger partial charge in [0.2, 0.25) is 21.8 Å². The quantitative estimate of drug-likeness (QED) is 0.780. The van der Waals surface area contributed by atoms with Gasteiger partial charge in [0.15, 0.2) is 0 Å². The molecule has 0 aromatic heterocycles. The molecule has 1 heterocycles. The molecule has 2 amide bonds. The summed E-state index contributed by atoms with van der Waals surface area (Å²) in [7, 11) is -3.79. The van der Waals surface area contributed by atoms with Gasteiger partial charge in [-0.25, -0.2) is 12.8 Å². The maximum atomic E-state index is 13.2. The Kier molecular flexibility index (Phi) is 5.88. The van der Waals surface area contributed by atoms with Crippen LogP contribution in [-0.2, 0) is 19.6 Å². The van der Waals surface area contributed by atoms with Crippen molar-refractivity contribution in [1.82, 2.24) is 0 Å². The number of amides is 2. The van der Waals surface area contributed by atoms with Crippen molar-refractivity contribution < 1.29 is 22.4 Å². The molecule has 1 aliphatic rings. The molecule has 29 heavy (non-hydrogen) atoms. The average Bonchev–Trinajstić information content (AvgIpc) is 3.09. The first-order valence-electron chi connectivity index (χ1n) is 9.13. The van der Waals surface area contributed by atoms with Gasteiger partial charge in [0.25, 0.3) is 0 Å². The molecule has 0 radical (unpaired) electrons. The molecule has 3 rings (SSSR count). The fourth-order valence-corrected chi connectivity index (χ4v) is 4.46. The molecule has 2 aromatic rings. The Balaban J connectivity index is 1.76. The van der Waals surface area contributed by atoms with E-state index in [1.165, 1.54) is 19.1 Å². The summed E-state index contributed by atoms with van der Waals surface area (Å²) in [6, 6.07) is 10.6. The van der Waals surface area contributed by atoms with Gasteiger partial charge >= 0.3 is 0 Å². The van der Waals surface area contributed by atoms with Crippen LogP contribution in [0.5, 0.6) is 0 Å². The van der Waals surface area contributed by atoms with Crippen molar-refractivity contribution in [3.05, 3.63) is 54.3 Å². The van der Waals surface area contributed by atoms with Crippen molar-refractivity contribution in [2.24, 2.45) is 0 Å². The monoisotopic (exact) mass is 419 g/mol. The predicted molar refractivity (Wildman–Crippen MR) is 110 cm³/mol. The molecular formula is C20H22FN3O4S. The van der Waals surface area contributed by atoms with Gasteiger partial charge in [-0.1, -0.05) is 0 Å². The standard InChI is InChI=1S/C20H22FN3O4S/c1-14(24(29(2,27)28)18-9-5-15(21)6-10-18)20(26)22-16-7-11-17(12-8-16)23-13-3-4-19(23)25/h5-12,14H,3-4,13H2,1-2H3,(H,22,26)/t14-/m0/s1. The molecule has 1 atom stereocenters. The van der Waals surface area contributed by atoms with E-state index in [0.29, 0.717) is 18.7 Å². The lowest BCUT2D eigenvalue weighted by Gasteiger charge is -2.28. The number of hydrogen-bond acceptors (Lipinski definition) is 4. The smallest absolute Gasteiger partial charge is 0.247 e. The third-order valence-electron chi connectivity index (χ3n) is 4.69. The summed E-state index contributed by atoms with van der Waals surface area (Å²) in [5.41, 5.74) is 1.42. The topological polar surface area (TPSA) is 86.8 Å². The number of nitrogens with one attached hydrogen (secondary N) is 1. The lowest BCUT2D eigenvalue weighted by Crippen LogP contribution is -2.45. The molecule has 1 aliphatic heterocycles. The molecular weight excluding hydrogens is 397 g/mol. The minimum Gasteiger partial charge on any atom is -0.324 e. The van der Waals surface area contributed by atoms with E-state index < -0.39 is 27.8 Å². The van der Waals surface area contributed by atoms with Crippen LogP contribution in [-0.4, -0.2) is 39.1 Å². The number of rotatable bonds is 6. The van der Waals surface area contributed by atoms with Crippen molar-refractivity contribution in [3.63, 3.8) is 0 Å². The minimum absolute atomic E-state index is 0.0681. The number of sulfonamides is 1. The fraction of sp³-hybridized carbons (Fsp3) is 0.300. The van der Waals surface area contributed by atoms with Crippen LogP contribution >= 0.6 is 0 Å². The van der Waals surface area contributed by atoms with Gasteiger partial charge in [0, 0.05) is 24.3 Å². The maximum Gasteiger partial charge on any atom is 0.247 e. The van der Waals surface area contributed by atoms with E-state index in [2.05, 4.69) is 5.32 Å². The number of carbonyl (C=O) groups is 2. The molecule has 0 unspecified atom stereocenters. The van der Waals surface area contributed by atoms with Crippen LogP contribution < -0.4 is 14.5 Å². The maximum absolute atomic E-state index is 13.2. The summed E-state index contributed by atoms with van der Waals surface area (Å²) in [6.07, 6.45) is 2.34. The molecule has 1 N–H and O–H groups in total. The first kappa shape index (κ1) is 20.8. The molecule has 9 heteroatoms. The molecule has 0 bridgehead atoms. The Morgan fingerprint density at radius 2 is 1.76 bits per heavy atom. The number of nitrogens with zero attached hydrogens (tertiary/aromatic N) is 2. The summed E-state index contributed by atoms with van der Waals surface area (Å²) in [6.45, 7) is 2.12. The molecule has 0 saturated carbocycles. The van der Waals surface area contributed by atoms with E-state index in [0.717, 1.165) is 34.8 Å². The highest BCUT2D eigenvalue weighted by Crippen LogP contribution is 2.24. The van der Waals surface area contributed by atoms with Crippen molar-refractivity contribution in [1.29, 1.82) is 0 Å². The van der Waals surface area contributed by atoms with E-state index in [4.69, 9.17) is 0 Å². The molecule has 1 fully saturated rings. The van der Waals surface area contributed by atoms with E-state index >= 15 is 0 Å². The van der Waals surface area contributed by atoms with Crippen LogP contribution in [0.4, 0.5) is 21.5 Å². The number of anilines is 3. The van der Waals surface area contributed by atoms with Gasteiger partial charge in [-0.3, -0.25) is 13.9 Å². The van der Waals surface area contributed by atoms with Crippen molar-refractivity contribution in [2.75, 3.05) is 27.3 Å². The summed E-state index contributed by atoms with van der Waals surface area (Å²) in [5, 5.41) is 2.68. The van der Waals surface area contributed by atoms with Crippen LogP contribution in [0.25, 0.3) is 0 Å². The second-order valence-corrected chi connectivity index (χ2v) is 8.76. The molecule has 0 aliphatic carbocycles. The second-order valence-electron chi connectivity index (χ2n) is 6.90. The first-order valence-corrected chi connectivity index (χ1v) is 11.0. The molecule has 7 nitrogen and oxygen atoms in total. The molecule has 154 valence electrons. The van der Waals surface area contributed by atoms with Crippen LogP contribution in [0.1, 0.15) is 19.8 Å². The Morgan fingerprint density at radius 1 is 1.14 bits per heavy atom. The molecule has 2 aromatic carbocycles. The predicted octanol–water partition coefficient (Wildman–Crippen LogP) is 2.75. The number of hydrogen-bond donors (Lipinski definition) is 1. The van der Waals surface area contributed by atoms with Crippen molar-refractivity contribution in [2.45, 2.75) is 25.8 Å². The summed E-state index contributed by atoms with van der Waals surface area (Å²) >= 11 is 0. The Bertz CT molecular complexity index is 1010. The zero-order valence-electron chi connectivity index (χ0n) is 16.1. The van der Waals surface area contributed by atoms with E-state index in [1.807, 2.05) is 0 Å². The SMILES string of the molecule is C[C@@H](C(=O)Nc1ccc(N2CCCC2=O)cc1)N(c1ccc(F)cc1)S(C)(=O)=O. The van der Waals surface area contributed by atoms with Crippen LogP contribution in [0.2, 0.25) is 0 Å². The summed E-state index contributed by atoms with van der Waals surface area (Å²) in [4.78, 5) is 26.2. The molecule has 0 spiro atoms. The van der Waals surface area contributed by atoms with Gasteiger partial charge < -0.3 is 10.2 Å². The minimum atomic E-state index is -3.79. The number of benzene rings is 2. The fourth-order valence-electron chi connectivity index (χ4n) is 3.29. The third kappa shape index (κ3) is 4.73. The van der Waals surface area contributed by atoms with Gasteiger partial charge in [0.1, 0.15) is 11.9 Å². The van der Waals surface area contributed by atoms with Crippen LogP contribution in [0, 0.1) is 5.82 Å². The van der Waals surface area contributed by atoms with Crippen LogP contribution in [0.15, 0.2) is 48.5 Å². The van der Waals surface area contributed by atoms with Crippen molar-refractivity contribution >= 4 is 38.9 Å². The normalized spacial score (nSPS) is 15.3. The van der Waals surface area contributed by atoms with Crippen LogP contribution in [0.3, 0.4) is 0 Å². The highest BCUT2D eigenvalue weighted by molar-refractivity contribution is 7.92. The Morgan fingerprint density at radius 3 is 2.28 bits per heavy atom. The zero-order valence-corrected chi connectivity index (χ0v) is 16.9. The lowest BCUT2D eigenvalue weighted by molar-refractivity contribution is -0.117.